The Morgan fingerprint density at radius 1 is 1.23 bits per heavy atom. The van der Waals surface area contributed by atoms with Gasteiger partial charge in [-0.3, -0.25) is 14.5 Å². The van der Waals surface area contributed by atoms with Crippen molar-refractivity contribution in [1.82, 2.24) is 9.80 Å². The Labute approximate surface area is 158 Å². The summed E-state index contributed by atoms with van der Waals surface area (Å²) in [6.07, 6.45) is 0.976. The molecule has 1 aromatic carbocycles. The average Bonchev–Trinajstić information content (AvgIpc) is 2.88. The zero-order chi connectivity index (χ0) is 19.1. The fourth-order valence-corrected chi connectivity index (χ4v) is 4.43. The Morgan fingerprint density at radius 2 is 1.85 bits per heavy atom. The Hall–Kier alpha value is -1.63. The monoisotopic (exact) mass is 380 g/mol. The number of carboxylic acid groups (broad SMARTS) is 1. The van der Waals surface area contributed by atoms with E-state index in [4.69, 9.17) is 11.6 Å². The molecule has 142 valence electrons. The number of piperidine rings is 1. The van der Waals surface area contributed by atoms with Crippen LogP contribution in [0, 0.1) is 5.92 Å². The predicted octanol–water partition coefficient (Wildman–Crippen LogP) is 2.16. The van der Waals surface area contributed by atoms with Crippen LogP contribution in [0.2, 0.25) is 5.02 Å². The van der Waals surface area contributed by atoms with E-state index < -0.39 is 23.5 Å². The normalized spacial score (nSPS) is 30.5. The van der Waals surface area contributed by atoms with Gasteiger partial charge in [0.15, 0.2) is 0 Å². The first-order valence-electron chi connectivity index (χ1n) is 8.93. The van der Waals surface area contributed by atoms with Crippen molar-refractivity contribution in [3.8, 4) is 0 Å². The molecule has 0 spiro atoms. The molecule has 7 heteroatoms. The summed E-state index contributed by atoms with van der Waals surface area (Å²) in [5, 5.41) is 20.0. The van der Waals surface area contributed by atoms with Crippen LogP contribution in [0.4, 0.5) is 0 Å². The summed E-state index contributed by atoms with van der Waals surface area (Å²) in [7, 11) is 1.75. The predicted molar refractivity (Wildman–Crippen MR) is 97.9 cm³/mol. The molecular formula is C19H25ClN2O4. The van der Waals surface area contributed by atoms with Crippen LogP contribution in [-0.2, 0) is 9.59 Å². The summed E-state index contributed by atoms with van der Waals surface area (Å²) in [6.45, 7) is 2.66. The number of hydrogen-bond donors (Lipinski definition) is 2. The molecule has 2 aliphatic rings. The van der Waals surface area contributed by atoms with Crippen molar-refractivity contribution in [1.29, 1.82) is 0 Å². The lowest BCUT2D eigenvalue weighted by Gasteiger charge is -2.34. The van der Waals surface area contributed by atoms with Gasteiger partial charge in [0, 0.05) is 24.2 Å². The summed E-state index contributed by atoms with van der Waals surface area (Å²) in [4.78, 5) is 28.7. The number of aliphatic hydroxyl groups excluding tert-OH is 1. The van der Waals surface area contributed by atoms with Crippen LogP contribution in [0.1, 0.15) is 37.8 Å². The second-order valence-corrected chi connectivity index (χ2v) is 7.93. The minimum atomic E-state index is -1.14. The molecule has 1 aromatic rings. The van der Waals surface area contributed by atoms with Gasteiger partial charge in [-0.1, -0.05) is 29.8 Å². The molecule has 2 saturated heterocycles. The molecule has 6 nitrogen and oxygen atoms in total. The smallest absolute Gasteiger partial charge is 0.323 e. The van der Waals surface area contributed by atoms with E-state index in [9.17, 15) is 19.8 Å². The van der Waals surface area contributed by atoms with Crippen molar-refractivity contribution in [2.24, 2.45) is 5.92 Å². The van der Waals surface area contributed by atoms with Gasteiger partial charge < -0.3 is 15.1 Å². The Balaban J connectivity index is 1.96. The highest BCUT2D eigenvalue weighted by Crippen LogP contribution is 2.48. The lowest BCUT2D eigenvalue weighted by Crippen LogP contribution is -2.46. The fourth-order valence-electron chi connectivity index (χ4n) is 4.18. The number of amides is 1. The number of benzene rings is 1. The number of rotatable bonds is 3. The molecule has 3 rings (SSSR count). The standard InChI is InChI=1S/C19H25ClN2O4/c1-19(18(25)26)11-14(17(24)22-9-7-12(23)8-10-22)16(21(19)2)13-5-3-4-6-15(13)20/h3-6,12,14,16,23H,7-11H2,1-2H3,(H,25,26)/t14-,16-,19-/m1/s1. The Bertz CT molecular complexity index is 705. The van der Waals surface area contributed by atoms with E-state index in [1.807, 2.05) is 18.2 Å². The fraction of sp³-hybridized carbons (Fsp3) is 0.579. The van der Waals surface area contributed by atoms with Gasteiger partial charge in [-0.05, 0) is 44.9 Å². The Kier molecular flexibility index (Phi) is 5.28. The number of carbonyl (C=O) groups is 2. The summed E-state index contributed by atoms with van der Waals surface area (Å²) in [5.74, 6) is -1.49. The van der Waals surface area contributed by atoms with E-state index in [2.05, 4.69) is 0 Å². The molecule has 1 amide bonds. The second-order valence-electron chi connectivity index (χ2n) is 7.52. The van der Waals surface area contributed by atoms with E-state index in [1.165, 1.54) is 0 Å². The summed E-state index contributed by atoms with van der Waals surface area (Å²) in [5.41, 5.74) is -0.364. The van der Waals surface area contributed by atoms with Gasteiger partial charge >= 0.3 is 5.97 Å². The third-order valence-electron chi connectivity index (χ3n) is 5.97. The molecular weight excluding hydrogens is 356 g/mol. The quantitative estimate of drug-likeness (QED) is 0.839. The number of aliphatic hydroxyl groups is 1. The van der Waals surface area contributed by atoms with Crippen LogP contribution < -0.4 is 0 Å². The van der Waals surface area contributed by atoms with Crippen LogP contribution in [0.3, 0.4) is 0 Å². The number of carboxylic acids is 1. The maximum absolute atomic E-state index is 13.2. The van der Waals surface area contributed by atoms with Gasteiger partial charge in [-0.15, -0.1) is 0 Å². The van der Waals surface area contributed by atoms with Crippen molar-refractivity contribution < 1.29 is 19.8 Å². The van der Waals surface area contributed by atoms with Gasteiger partial charge in [0.05, 0.1) is 12.0 Å². The van der Waals surface area contributed by atoms with Crippen molar-refractivity contribution >= 4 is 23.5 Å². The number of nitrogens with zero attached hydrogens (tertiary/aromatic N) is 2. The van der Waals surface area contributed by atoms with Crippen LogP contribution in [0.25, 0.3) is 0 Å². The van der Waals surface area contributed by atoms with Crippen molar-refractivity contribution in [2.75, 3.05) is 20.1 Å². The topological polar surface area (TPSA) is 81.1 Å². The highest BCUT2D eigenvalue weighted by atomic mass is 35.5. The third kappa shape index (κ3) is 3.21. The van der Waals surface area contributed by atoms with E-state index in [0.29, 0.717) is 31.0 Å². The summed E-state index contributed by atoms with van der Waals surface area (Å²) >= 11 is 6.39. The van der Waals surface area contributed by atoms with Crippen LogP contribution in [0.5, 0.6) is 0 Å². The van der Waals surface area contributed by atoms with Gasteiger partial charge in [-0.2, -0.15) is 0 Å². The highest BCUT2D eigenvalue weighted by Gasteiger charge is 2.55. The van der Waals surface area contributed by atoms with Gasteiger partial charge in [0.25, 0.3) is 0 Å². The van der Waals surface area contributed by atoms with Crippen molar-refractivity contribution in [3.63, 3.8) is 0 Å². The zero-order valence-corrected chi connectivity index (χ0v) is 15.8. The number of halogens is 1. The molecule has 0 radical (unpaired) electrons. The first kappa shape index (κ1) is 19.1. The van der Waals surface area contributed by atoms with Gasteiger partial charge in [-0.25, -0.2) is 0 Å². The molecule has 3 atom stereocenters. The molecule has 0 aliphatic carbocycles. The maximum Gasteiger partial charge on any atom is 0.323 e. The van der Waals surface area contributed by atoms with Crippen molar-refractivity contribution in [3.05, 3.63) is 34.9 Å². The maximum atomic E-state index is 13.2. The first-order valence-corrected chi connectivity index (χ1v) is 9.31. The van der Waals surface area contributed by atoms with E-state index in [-0.39, 0.29) is 18.4 Å². The molecule has 0 saturated carbocycles. The molecule has 26 heavy (non-hydrogen) atoms. The van der Waals surface area contributed by atoms with Crippen LogP contribution in [-0.4, -0.2) is 63.7 Å². The molecule has 0 bridgehead atoms. The summed E-state index contributed by atoms with van der Waals surface area (Å²) < 4.78 is 0. The first-order chi connectivity index (χ1) is 12.3. The molecule has 2 N–H and O–H groups in total. The molecule has 2 heterocycles. The van der Waals surface area contributed by atoms with Gasteiger partial charge in [0.1, 0.15) is 5.54 Å². The minimum Gasteiger partial charge on any atom is -0.480 e. The number of carbonyl (C=O) groups excluding carboxylic acids is 1. The highest BCUT2D eigenvalue weighted by molar-refractivity contribution is 6.31. The second kappa shape index (κ2) is 7.18. The van der Waals surface area contributed by atoms with Gasteiger partial charge in [0.2, 0.25) is 5.91 Å². The lowest BCUT2D eigenvalue weighted by molar-refractivity contribution is -0.148. The largest absolute Gasteiger partial charge is 0.480 e. The lowest BCUT2D eigenvalue weighted by atomic mass is 9.88. The van der Waals surface area contributed by atoms with E-state index in [1.54, 1.807) is 29.8 Å². The molecule has 0 aromatic heterocycles. The number of aliphatic carboxylic acids is 1. The van der Waals surface area contributed by atoms with Crippen LogP contribution >= 0.6 is 11.6 Å². The summed E-state index contributed by atoms with van der Waals surface area (Å²) in [6, 6.07) is 6.89. The molecule has 2 aliphatic heterocycles. The SMILES string of the molecule is CN1[C@H](c2ccccc2Cl)[C@H](C(=O)N2CCC(O)CC2)C[C@]1(C)C(=O)O. The molecule has 2 fully saturated rings. The number of hydrogen-bond acceptors (Lipinski definition) is 4. The van der Waals surface area contributed by atoms with Crippen LogP contribution in [0.15, 0.2) is 24.3 Å². The number of likely N-dealkylation sites (tertiary alicyclic amines) is 2. The molecule has 0 unspecified atom stereocenters. The number of likely N-dealkylation sites (N-methyl/N-ethyl adjacent to an activating group) is 1. The Morgan fingerprint density at radius 3 is 2.42 bits per heavy atom. The average molecular weight is 381 g/mol. The third-order valence-corrected chi connectivity index (χ3v) is 6.32. The van der Waals surface area contributed by atoms with E-state index >= 15 is 0 Å². The zero-order valence-electron chi connectivity index (χ0n) is 15.1. The van der Waals surface area contributed by atoms with E-state index in [0.717, 1.165) is 5.56 Å². The van der Waals surface area contributed by atoms with Crippen molar-refractivity contribution in [2.45, 2.75) is 43.9 Å². The minimum absolute atomic E-state index is 0.0568.